The molecule has 7 heteroatoms. The number of amides is 3. The minimum atomic E-state index is -0.235. The second-order valence-electron chi connectivity index (χ2n) is 6.58. The molecule has 0 spiro atoms. The van der Waals surface area contributed by atoms with Crippen LogP contribution in [0.25, 0.3) is 0 Å². The van der Waals surface area contributed by atoms with E-state index in [4.69, 9.17) is 4.74 Å². The van der Waals surface area contributed by atoms with Crippen molar-refractivity contribution in [3.05, 3.63) is 35.6 Å². The summed E-state index contributed by atoms with van der Waals surface area (Å²) in [5, 5.41) is 2.72. The molecule has 0 unspecified atom stereocenters. The molecule has 1 aromatic carbocycles. The van der Waals surface area contributed by atoms with Crippen molar-refractivity contribution in [2.75, 3.05) is 45.9 Å². The van der Waals surface area contributed by atoms with Gasteiger partial charge in [-0.15, -0.1) is 0 Å². The lowest BCUT2D eigenvalue weighted by Crippen LogP contribution is -2.48. The van der Waals surface area contributed by atoms with Crippen LogP contribution in [-0.4, -0.2) is 67.7 Å². The van der Waals surface area contributed by atoms with E-state index in [1.807, 2.05) is 0 Å². The molecular formula is C18H24FN3O3. The Hall–Kier alpha value is -2.15. The predicted octanol–water partition coefficient (Wildman–Crippen LogP) is 1.26. The molecular weight excluding hydrogens is 325 g/mol. The van der Waals surface area contributed by atoms with Gasteiger partial charge in [0.15, 0.2) is 0 Å². The summed E-state index contributed by atoms with van der Waals surface area (Å²) in [5.74, 6) is 0.0611. The van der Waals surface area contributed by atoms with Gasteiger partial charge in [-0.3, -0.25) is 4.79 Å². The normalized spacial score (nSPS) is 20.6. The molecule has 6 nitrogen and oxygen atoms in total. The molecule has 0 aromatic heterocycles. The Bertz CT molecular complexity index is 602. The van der Waals surface area contributed by atoms with Gasteiger partial charge in [0.2, 0.25) is 5.91 Å². The average molecular weight is 349 g/mol. The second kappa shape index (κ2) is 8.29. The van der Waals surface area contributed by atoms with Gasteiger partial charge in [0.05, 0.1) is 19.8 Å². The molecule has 1 N–H and O–H groups in total. The van der Waals surface area contributed by atoms with Crippen molar-refractivity contribution in [1.82, 2.24) is 15.1 Å². The number of halogens is 1. The third kappa shape index (κ3) is 4.92. The van der Waals surface area contributed by atoms with E-state index in [9.17, 15) is 14.0 Å². The maximum absolute atomic E-state index is 13.0. The van der Waals surface area contributed by atoms with Gasteiger partial charge in [-0.25, -0.2) is 9.18 Å². The van der Waals surface area contributed by atoms with Gasteiger partial charge in [0.25, 0.3) is 0 Å². The summed E-state index contributed by atoms with van der Waals surface area (Å²) in [6, 6.07) is 6.32. The van der Waals surface area contributed by atoms with E-state index in [0.29, 0.717) is 45.3 Å². The van der Waals surface area contributed by atoms with Crippen LogP contribution >= 0.6 is 0 Å². The van der Waals surface area contributed by atoms with Crippen LogP contribution in [0.2, 0.25) is 0 Å². The number of hydrogen-bond donors (Lipinski definition) is 1. The maximum atomic E-state index is 13.0. The molecule has 1 atom stereocenters. The molecule has 0 aliphatic carbocycles. The zero-order chi connectivity index (χ0) is 17.6. The van der Waals surface area contributed by atoms with Crippen LogP contribution in [0.3, 0.4) is 0 Å². The molecule has 3 amide bonds. The Morgan fingerprint density at radius 3 is 2.56 bits per heavy atom. The molecule has 3 rings (SSSR count). The van der Waals surface area contributed by atoms with Gasteiger partial charge in [0.1, 0.15) is 5.82 Å². The van der Waals surface area contributed by atoms with E-state index in [1.165, 1.54) is 12.1 Å². The van der Waals surface area contributed by atoms with Crippen molar-refractivity contribution in [3.63, 3.8) is 0 Å². The molecule has 2 saturated heterocycles. The summed E-state index contributed by atoms with van der Waals surface area (Å²) < 4.78 is 18.2. The molecule has 0 bridgehead atoms. The summed E-state index contributed by atoms with van der Waals surface area (Å²) in [7, 11) is 0. The molecule has 0 radical (unpaired) electrons. The predicted molar refractivity (Wildman–Crippen MR) is 90.6 cm³/mol. The largest absolute Gasteiger partial charge is 0.378 e. The molecule has 2 heterocycles. The Labute approximate surface area is 146 Å². The fourth-order valence-electron chi connectivity index (χ4n) is 3.33. The van der Waals surface area contributed by atoms with Gasteiger partial charge in [-0.1, -0.05) is 12.1 Å². The van der Waals surface area contributed by atoms with Crippen molar-refractivity contribution >= 4 is 11.9 Å². The molecule has 136 valence electrons. The smallest absolute Gasteiger partial charge is 0.317 e. The zero-order valence-electron chi connectivity index (χ0n) is 14.2. The van der Waals surface area contributed by atoms with Crippen molar-refractivity contribution < 1.29 is 18.7 Å². The van der Waals surface area contributed by atoms with E-state index in [-0.39, 0.29) is 24.3 Å². The van der Waals surface area contributed by atoms with Crippen LogP contribution in [0.4, 0.5) is 9.18 Å². The highest BCUT2D eigenvalue weighted by Crippen LogP contribution is 2.21. The van der Waals surface area contributed by atoms with Gasteiger partial charge < -0.3 is 19.9 Å². The topological polar surface area (TPSA) is 61.9 Å². The number of hydrogen-bond acceptors (Lipinski definition) is 3. The highest BCUT2D eigenvalue weighted by Gasteiger charge is 2.27. The third-order valence-electron chi connectivity index (χ3n) is 4.77. The monoisotopic (exact) mass is 349 g/mol. The minimum absolute atomic E-state index is 0.0258. The lowest BCUT2D eigenvalue weighted by molar-refractivity contribution is -0.134. The van der Waals surface area contributed by atoms with Gasteiger partial charge >= 0.3 is 6.03 Å². The van der Waals surface area contributed by atoms with E-state index < -0.39 is 0 Å². The number of rotatable bonds is 4. The first-order valence-corrected chi connectivity index (χ1v) is 8.74. The van der Waals surface area contributed by atoms with Crippen molar-refractivity contribution in [2.24, 2.45) is 5.92 Å². The average Bonchev–Trinajstić information content (AvgIpc) is 3.10. The summed E-state index contributed by atoms with van der Waals surface area (Å²) >= 11 is 0. The standard InChI is InChI=1S/C18H24FN3O3/c19-16-3-1-14(2-4-16)11-15-5-6-22(13-15)18(24)20-12-17(23)21-7-9-25-10-8-21/h1-4,15H,5-13H2,(H,20,24)/t15-/m0/s1. The number of urea groups is 1. The SMILES string of the molecule is O=C(CNC(=O)N1CC[C@@H](Cc2ccc(F)cc2)C1)N1CCOCC1. The summed E-state index contributed by atoms with van der Waals surface area (Å²) in [4.78, 5) is 27.8. The van der Waals surface area contributed by atoms with Crippen molar-refractivity contribution in [3.8, 4) is 0 Å². The van der Waals surface area contributed by atoms with Crippen LogP contribution in [0.15, 0.2) is 24.3 Å². The first-order chi connectivity index (χ1) is 12.1. The Kier molecular flexibility index (Phi) is 5.86. The van der Waals surface area contributed by atoms with Crippen LogP contribution in [0.1, 0.15) is 12.0 Å². The van der Waals surface area contributed by atoms with Crippen LogP contribution < -0.4 is 5.32 Å². The lowest BCUT2D eigenvalue weighted by Gasteiger charge is -2.27. The van der Waals surface area contributed by atoms with E-state index in [0.717, 1.165) is 18.4 Å². The Morgan fingerprint density at radius 1 is 1.12 bits per heavy atom. The first-order valence-electron chi connectivity index (χ1n) is 8.74. The van der Waals surface area contributed by atoms with E-state index >= 15 is 0 Å². The molecule has 1 aromatic rings. The Balaban J connectivity index is 1.41. The summed E-state index contributed by atoms with van der Waals surface area (Å²) in [6.07, 6.45) is 1.75. The number of carbonyl (C=O) groups excluding carboxylic acids is 2. The van der Waals surface area contributed by atoms with Crippen LogP contribution in [0, 0.1) is 11.7 Å². The zero-order valence-corrected chi connectivity index (χ0v) is 14.2. The number of nitrogens with zero attached hydrogens (tertiary/aromatic N) is 2. The third-order valence-corrected chi connectivity index (χ3v) is 4.77. The maximum Gasteiger partial charge on any atom is 0.317 e. The summed E-state index contributed by atoms with van der Waals surface area (Å²) in [5.41, 5.74) is 1.08. The first kappa shape index (κ1) is 17.7. The number of benzene rings is 1. The van der Waals surface area contributed by atoms with Crippen molar-refractivity contribution in [2.45, 2.75) is 12.8 Å². The summed E-state index contributed by atoms with van der Waals surface area (Å²) in [6.45, 7) is 3.64. The highest BCUT2D eigenvalue weighted by molar-refractivity contribution is 5.84. The van der Waals surface area contributed by atoms with E-state index in [2.05, 4.69) is 5.32 Å². The molecule has 25 heavy (non-hydrogen) atoms. The van der Waals surface area contributed by atoms with Gasteiger partial charge in [0, 0.05) is 26.2 Å². The molecule has 2 aliphatic heterocycles. The van der Waals surface area contributed by atoms with Crippen molar-refractivity contribution in [1.29, 1.82) is 0 Å². The molecule has 0 saturated carbocycles. The number of morpholine rings is 1. The quantitative estimate of drug-likeness (QED) is 0.890. The number of nitrogens with one attached hydrogen (secondary N) is 1. The molecule has 2 aliphatic rings. The lowest BCUT2D eigenvalue weighted by atomic mass is 9.99. The molecule has 2 fully saturated rings. The van der Waals surface area contributed by atoms with Gasteiger partial charge in [-0.2, -0.15) is 0 Å². The number of likely N-dealkylation sites (tertiary alicyclic amines) is 1. The fourth-order valence-corrected chi connectivity index (χ4v) is 3.33. The van der Waals surface area contributed by atoms with E-state index in [1.54, 1.807) is 21.9 Å². The van der Waals surface area contributed by atoms with Gasteiger partial charge in [-0.05, 0) is 36.5 Å². The number of carbonyl (C=O) groups is 2. The minimum Gasteiger partial charge on any atom is -0.378 e. The van der Waals surface area contributed by atoms with Crippen LogP contribution in [-0.2, 0) is 16.0 Å². The Morgan fingerprint density at radius 2 is 1.84 bits per heavy atom. The fraction of sp³-hybridized carbons (Fsp3) is 0.556. The number of ether oxygens (including phenoxy) is 1. The second-order valence-corrected chi connectivity index (χ2v) is 6.58. The highest BCUT2D eigenvalue weighted by atomic mass is 19.1. The van der Waals surface area contributed by atoms with Crippen LogP contribution in [0.5, 0.6) is 0 Å².